The van der Waals surface area contributed by atoms with E-state index in [1.807, 2.05) is 42.5 Å². The molecule has 10 nitrogen and oxygen atoms in total. The van der Waals surface area contributed by atoms with E-state index in [2.05, 4.69) is 5.32 Å². The van der Waals surface area contributed by atoms with E-state index in [1.54, 1.807) is 19.2 Å². The lowest BCUT2D eigenvalue weighted by Crippen LogP contribution is -2.58. The molecule has 2 saturated heterocycles. The zero-order valence-electron chi connectivity index (χ0n) is 18.9. The first-order chi connectivity index (χ1) is 16.4. The predicted octanol–water partition coefficient (Wildman–Crippen LogP) is 1.62. The van der Waals surface area contributed by atoms with Crippen LogP contribution in [0.3, 0.4) is 0 Å². The highest BCUT2D eigenvalue weighted by molar-refractivity contribution is 5.90. The second-order valence-corrected chi connectivity index (χ2v) is 7.97. The summed E-state index contributed by atoms with van der Waals surface area (Å²) in [5.41, 5.74) is 1.69. The Kier molecular flexibility index (Phi) is 6.99. The minimum atomic E-state index is -1.42. The highest BCUT2D eigenvalue weighted by atomic mass is 16.8. The Balaban J connectivity index is 1.44. The maximum Gasteiger partial charge on any atom is 0.407 e. The first-order valence-electron chi connectivity index (χ1n) is 10.7. The molecular formula is C24H26N2O8. The first kappa shape index (κ1) is 23.5. The van der Waals surface area contributed by atoms with Crippen molar-refractivity contribution in [2.45, 2.75) is 31.1 Å². The Labute approximate surface area is 196 Å². The molecule has 34 heavy (non-hydrogen) atoms. The number of nitrogens with one attached hydrogen (secondary N) is 1. The molecule has 2 bridgehead atoms. The Morgan fingerprint density at radius 3 is 2.47 bits per heavy atom. The van der Waals surface area contributed by atoms with E-state index < -0.39 is 36.0 Å². The van der Waals surface area contributed by atoms with Gasteiger partial charge in [-0.25, -0.2) is 9.59 Å². The molecule has 0 spiro atoms. The molecule has 0 radical (unpaired) electrons. The summed E-state index contributed by atoms with van der Waals surface area (Å²) in [6.45, 7) is 0.231. The number of esters is 1. The molecule has 2 fully saturated rings. The van der Waals surface area contributed by atoms with Crippen molar-refractivity contribution >= 4 is 18.0 Å². The number of ether oxygens (including phenoxy) is 5. The quantitative estimate of drug-likeness (QED) is 0.579. The minimum Gasteiger partial charge on any atom is -0.497 e. The van der Waals surface area contributed by atoms with Gasteiger partial charge in [0, 0.05) is 6.54 Å². The molecule has 2 amide bonds. The van der Waals surface area contributed by atoms with E-state index in [1.165, 1.54) is 12.0 Å². The SMILES string of the molecule is COC(=O)[C@H]1O[C@@]2(CNC(=O)OCc3ccccc3)CN(Cc3ccc(OC)cc3)C(=O)[C@H]1O2. The number of hydrogen-bond donors (Lipinski definition) is 1. The van der Waals surface area contributed by atoms with E-state index in [0.717, 1.165) is 11.1 Å². The van der Waals surface area contributed by atoms with Gasteiger partial charge in [0.2, 0.25) is 5.79 Å². The van der Waals surface area contributed by atoms with Crippen LogP contribution in [-0.2, 0) is 41.7 Å². The summed E-state index contributed by atoms with van der Waals surface area (Å²) in [6.07, 6.45) is -3.09. The third-order valence-corrected chi connectivity index (χ3v) is 5.63. The van der Waals surface area contributed by atoms with Crippen LogP contribution < -0.4 is 10.1 Å². The second kappa shape index (κ2) is 10.1. The number of methoxy groups -OCH3 is 2. The van der Waals surface area contributed by atoms with Crippen LogP contribution in [0.4, 0.5) is 4.79 Å². The normalized spacial score (nSPS) is 23.4. The molecule has 3 atom stereocenters. The molecule has 2 aliphatic rings. The largest absolute Gasteiger partial charge is 0.497 e. The van der Waals surface area contributed by atoms with E-state index in [-0.39, 0.29) is 26.2 Å². The highest BCUT2D eigenvalue weighted by Gasteiger charge is 2.59. The van der Waals surface area contributed by atoms with Crippen molar-refractivity contribution in [3.8, 4) is 5.75 Å². The summed E-state index contributed by atoms with van der Waals surface area (Å²) in [4.78, 5) is 39.1. The lowest BCUT2D eigenvalue weighted by molar-refractivity contribution is -0.209. The summed E-state index contributed by atoms with van der Waals surface area (Å²) in [7, 11) is 2.78. The van der Waals surface area contributed by atoms with Crippen molar-refractivity contribution in [3.63, 3.8) is 0 Å². The topological polar surface area (TPSA) is 113 Å². The molecule has 0 saturated carbocycles. The number of carbonyl (C=O) groups excluding carboxylic acids is 3. The molecule has 2 aliphatic heterocycles. The predicted molar refractivity (Wildman–Crippen MR) is 118 cm³/mol. The fourth-order valence-corrected chi connectivity index (χ4v) is 3.91. The van der Waals surface area contributed by atoms with Crippen LogP contribution in [0.15, 0.2) is 54.6 Å². The van der Waals surface area contributed by atoms with Gasteiger partial charge in [0.05, 0.1) is 27.3 Å². The Morgan fingerprint density at radius 1 is 1.06 bits per heavy atom. The van der Waals surface area contributed by atoms with E-state index in [4.69, 9.17) is 23.7 Å². The standard InChI is InChI=1S/C24H26N2O8/c1-30-18-10-8-16(9-11-18)12-26-15-24(33-19(21(26)27)20(34-24)22(28)31-2)14-25-23(29)32-13-17-6-4-3-5-7-17/h3-11,19-20H,12-15H2,1-2H3,(H,25,29)/t19-,20-,24-/m0/s1. The average Bonchev–Trinajstić information content (AvgIpc) is 3.20. The van der Waals surface area contributed by atoms with Gasteiger partial charge in [0.15, 0.2) is 12.2 Å². The zero-order valence-corrected chi connectivity index (χ0v) is 18.9. The molecular weight excluding hydrogens is 444 g/mol. The Bertz CT molecular complexity index is 1030. The van der Waals surface area contributed by atoms with Gasteiger partial charge in [-0.3, -0.25) is 4.79 Å². The molecule has 0 aliphatic carbocycles. The van der Waals surface area contributed by atoms with Gasteiger partial charge in [-0.2, -0.15) is 0 Å². The summed E-state index contributed by atoms with van der Waals surface area (Å²) in [5.74, 6) is -1.85. The molecule has 180 valence electrons. The van der Waals surface area contributed by atoms with Crippen LogP contribution in [0, 0.1) is 0 Å². The number of hydrogen-bond acceptors (Lipinski definition) is 8. The lowest BCUT2D eigenvalue weighted by atomic mass is 10.1. The smallest absolute Gasteiger partial charge is 0.407 e. The molecule has 0 aromatic heterocycles. The first-order valence-corrected chi connectivity index (χ1v) is 10.7. The van der Waals surface area contributed by atoms with Crippen molar-refractivity contribution in [3.05, 3.63) is 65.7 Å². The van der Waals surface area contributed by atoms with Gasteiger partial charge >= 0.3 is 12.1 Å². The Hall–Kier alpha value is -3.63. The van der Waals surface area contributed by atoms with Crippen molar-refractivity contribution < 1.29 is 38.1 Å². The zero-order chi connectivity index (χ0) is 24.1. The number of nitrogens with zero attached hydrogens (tertiary/aromatic N) is 1. The number of morpholine rings is 1. The van der Waals surface area contributed by atoms with Crippen LogP contribution in [-0.4, -0.2) is 68.2 Å². The monoisotopic (exact) mass is 470 g/mol. The summed E-state index contributed by atoms with van der Waals surface area (Å²) in [5, 5.41) is 2.62. The molecule has 2 aromatic rings. The van der Waals surface area contributed by atoms with Crippen LogP contribution in [0.1, 0.15) is 11.1 Å². The number of fused-ring (bicyclic) bond motifs is 2. The van der Waals surface area contributed by atoms with Crippen molar-refractivity contribution in [2.75, 3.05) is 27.3 Å². The molecule has 2 heterocycles. The van der Waals surface area contributed by atoms with E-state index in [9.17, 15) is 14.4 Å². The Morgan fingerprint density at radius 2 is 1.79 bits per heavy atom. The molecule has 0 unspecified atom stereocenters. The maximum atomic E-state index is 13.1. The van der Waals surface area contributed by atoms with Crippen LogP contribution in [0.2, 0.25) is 0 Å². The van der Waals surface area contributed by atoms with E-state index >= 15 is 0 Å². The van der Waals surface area contributed by atoms with Gasteiger partial charge < -0.3 is 33.9 Å². The van der Waals surface area contributed by atoms with Crippen LogP contribution >= 0.6 is 0 Å². The van der Waals surface area contributed by atoms with Gasteiger partial charge in [-0.1, -0.05) is 42.5 Å². The van der Waals surface area contributed by atoms with Crippen molar-refractivity contribution in [1.82, 2.24) is 10.2 Å². The average molecular weight is 470 g/mol. The van der Waals surface area contributed by atoms with E-state index in [0.29, 0.717) is 5.75 Å². The molecule has 10 heteroatoms. The van der Waals surface area contributed by atoms with Gasteiger partial charge in [0.25, 0.3) is 5.91 Å². The second-order valence-electron chi connectivity index (χ2n) is 7.97. The molecule has 4 rings (SSSR count). The highest BCUT2D eigenvalue weighted by Crippen LogP contribution is 2.36. The number of benzene rings is 2. The summed E-state index contributed by atoms with van der Waals surface area (Å²) < 4.78 is 26.9. The van der Waals surface area contributed by atoms with Crippen LogP contribution in [0.25, 0.3) is 0 Å². The fourth-order valence-electron chi connectivity index (χ4n) is 3.91. The fraction of sp³-hybridized carbons (Fsp3) is 0.375. The number of carbonyl (C=O) groups is 3. The minimum absolute atomic E-state index is 0.000816. The molecule has 1 N–H and O–H groups in total. The maximum absolute atomic E-state index is 13.1. The van der Waals surface area contributed by atoms with Crippen molar-refractivity contribution in [1.29, 1.82) is 0 Å². The van der Waals surface area contributed by atoms with Crippen molar-refractivity contribution in [2.24, 2.45) is 0 Å². The number of amides is 2. The summed E-state index contributed by atoms with van der Waals surface area (Å²) in [6, 6.07) is 16.5. The number of alkyl carbamates (subject to hydrolysis) is 1. The number of rotatable bonds is 8. The third-order valence-electron chi connectivity index (χ3n) is 5.63. The lowest BCUT2D eigenvalue weighted by Gasteiger charge is -2.38. The van der Waals surface area contributed by atoms with Gasteiger partial charge in [-0.05, 0) is 23.3 Å². The summed E-state index contributed by atoms with van der Waals surface area (Å²) >= 11 is 0. The van der Waals surface area contributed by atoms with Gasteiger partial charge in [0.1, 0.15) is 12.4 Å². The van der Waals surface area contributed by atoms with Crippen LogP contribution in [0.5, 0.6) is 5.75 Å². The van der Waals surface area contributed by atoms with Gasteiger partial charge in [-0.15, -0.1) is 0 Å². The molecule has 2 aromatic carbocycles. The third kappa shape index (κ3) is 5.13.